The number of anilines is 1. The largest absolute Gasteiger partial charge is 0.504 e. The lowest BCUT2D eigenvalue weighted by atomic mass is 9.59. The molecular formula is C26H24N2O6. The Morgan fingerprint density at radius 3 is 2.47 bits per heavy atom. The molecule has 8 heteroatoms. The smallest absolute Gasteiger partial charge is 0.251 e. The topological polar surface area (TPSA) is 119 Å². The minimum Gasteiger partial charge on any atom is -0.504 e. The lowest BCUT2D eigenvalue weighted by Gasteiger charge is -2.44. The van der Waals surface area contributed by atoms with Gasteiger partial charge in [0.15, 0.2) is 28.8 Å². The molecule has 4 N–H and O–H groups in total. The van der Waals surface area contributed by atoms with Crippen molar-refractivity contribution < 1.29 is 29.6 Å². The summed E-state index contributed by atoms with van der Waals surface area (Å²) in [5.74, 6) is -1.41. The number of phenols is 3. The number of phenolic OH excluding ortho intramolecular Hbond substituents is 3. The minimum absolute atomic E-state index is 0.113. The molecule has 2 heterocycles. The standard InChI is InChI=1S/C26H24N2O6/c1-28-12-11-25(16-8-10-19(29)21(31)14-16,23(32)15-7-9-20(30)22(13-15)34-2)26(28)17-5-3-4-6-18(17)27-24(26)33/h3-10,13-14,29-31H,11-12H2,1-2H3,(H,27,33). The van der Waals surface area contributed by atoms with Gasteiger partial charge in [-0.3, -0.25) is 14.5 Å². The number of likely N-dealkylation sites (tertiary alicyclic amines) is 1. The van der Waals surface area contributed by atoms with Crippen molar-refractivity contribution in [1.82, 2.24) is 4.90 Å². The number of carbonyl (C=O) groups is 2. The van der Waals surface area contributed by atoms with Crippen LogP contribution in [0.25, 0.3) is 0 Å². The van der Waals surface area contributed by atoms with Gasteiger partial charge in [0.05, 0.1) is 12.5 Å². The number of aromatic hydroxyl groups is 3. The summed E-state index contributed by atoms with van der Waals surface area (Å²) in [5.41, 5.74) is -0.942. The number of nitrogens with zero attached hydrogens (tertiary/aromatic N) is 1. The number of carbonyl (C=O) groups excluding carboxylic acids is 2. The Morgan fingerprint density at radius 2 is 1.74 bits per heavy atom. The van der Waals surface area contributed by atoms with Crippen molar-refractivity contribution in [2.45, 2.75) is 17.4 Å². The van der Waals surface area contributed by atoms with Crippen molar-refractivity contribution >= 4 is 17.4 Å². The molecule has 0 radical (unpaired) electrons. The fourth-order valence-electron chi connectivity index (χ4n) is 5.67. The van der Waals surface area contributed by atoms with E-state index in [0.29, 0.717) is 23.4 Å². The molecular weight excluding hydrogens is 436 g/mol. The molecule has 2 atom stereocenters. The van der Waals surface area contributed by atoms with Gasteiger partial charge in [-0.25, -0.2) is 0 Å². The van der Waals surface area contributed by atoms with Gasteiger partial charge in [0.25, 0.3) is 5.91 Å². The van der Waals surface area contributed by atoms with Gasteiger partial charge in [-0.05, 0) is 55.4 Å². The number of hydrogen-bond donors (Lipinski definition) is 4. The number of amides is 1. The number of nitrogens with one attached hydrogen (secondary N) is 1. The summed E-state index contributed by atoms with van der Waals surface area (Å²) in [7, 11) is 3.19. The first-order chi connectivity index (χ1) is 16.3. The average Bonchev–Trinajstić information content (AvgIpc) is 3.31. The Kier molecular flexibility index (Phi) is 4.80. The highest BCUT2D eigenvalue weighted by atomic mass is 16.5. The number of hydrogen-bond acceptors (Lipinski definition) is 7. The maximum atomic E-state index is 14.5. The van der Waals surface area contributed by atoms with E-state index in [9.17, 15) is 24.9 Å². The van der Waals surface area contributed by atoms with Crippen LogP contribution in [0.5, 0.6) is 23.0 Å². The molecule has 3 aromatic carbocycles. The van der Waals surface area contributed by atoms with Gasteiger partial charge >= 0.3 is 0 Å². The van der Waals surface area contributed by atoms with Crippen LogP contribution in [0.1, 0.15) is 27.9 Å². The van der Waals surface area contributed by atoms with Crippen LogP contribution >= 0.6 is 0 Å². The van der Waals surface area contributed by atoms with Crippen LogP contribution in [0.3, 0.4) is 0 Å². The summed E-state index contributed by atoms with van der Waals surface area (Å²) < 4.78 is 5.22. The second-order valence-electron chi connectivity index (χ2n) is 8.71. The molecule has 2 aliphatic rings. The molecule has 174 valence electrons. The predicted molar refractivity (Wildman–Crippen MR) is 124 cm³/mol. The van der Waals surface area contributed by atoms with E-state index in [4.69, 9.17) is 4.74 Å². The summed E-state index contributed by atoms with van der Waals surface area (Å²) in [5, 5.41) is 33.4. The molecule has 5 rings (SSSR count). The van der Waals surface area contributed by atoms with Crippen LogP contribution in [0.15, 0.2) is 60.7 Å². The third-order valence-electron chi connectivity index (χ3n) is 7.20. The number of fused-ring (bicyclic) bond motifs is 2. The fourth-order valence-corrected chi connectivity index (χ4v) is 5.67. The zero-order valence-electron chi connectivity index (χ0n) is 18.7. The van der Waals surface area contributed by atoms with Crippen LogP contribution < -0.4 is 10.1 Å². The summed E-state index contributed by atoms with van der Waals surface area (Å²) in [4.78, 5) is 30.2. The third-order valence-corrected chi connectivity index (χ3v) is 7.20. The summed E-state index contributed by atoms with van der Waals surface area (Å²) in [6.45, 7) is 0.421. The van der Waals surface area contributed by atoms with Gasteiger partial charge < -0.3 is 25.4 Å². The number of likely N-dealkylation sites (N-methyl/N-ethyl adjacent to an activating group) is 1. The molecule has 0 bridgehead atoms. The first-order valence-electron chi connectivity index (χ1n) is 10.8. The molecule has 2 aliphatic heterocycles. The Bertz CT molecular complexity index is 1340. The van der Waals surface area contributed by atoms with Gasteiger partial charge in [0, 0.05) is 23.4 Å². The molecule has 34 heavy (non-hydrogen) atoms. The molecule has 8 nitrogen and oxygen atoms in total. The maximum absolute atomic E-state index is 14.5. The molecule has 0 aromatic heterocycles. The van der Waals surface area contributed by atoms with Gasteiger partial charge in [0.2, 0.25) is 0 Å². The number of benzene rings is 3. The number of ketones is 1. The van der Waals surface area contributed by atoms with Gasteiger partial charge in [0.1, 0.15) is 5.54 Å². The second-order valence-corrected chi connectivity index (χ2v) is 8.71. The van der Waals surface area contributed by atoms with Crippen LogP contribution in [0.4, 0.5) is 5.69 Å². The second kappa shape index (κ2) is 7.50. The molecule has 0 saturated carbocycles. The van der Waals surface area contributed by atoms with Gasteiger partial charge in [-0.1, -0.05) is 24.3 Å². The number of para-hydroxylation sites is 1. The van der Waals surface area contributed by atoms with E-state index >= 15 is 0 Å². The lowest BCUT2D eigenvalue weighted by Crippen LogP contribution is -2.60. The average molecular weight is 460 g/mol. The Morgan fingerprint density at radius 1 is 1.00 bits per heavy atom. The maximum Gasteiger partial charge on any atom is 0.251 e. The number of ether oxygens (including phenoxy) is 1. The normalized spacial score (nSPS) is 23.6. The highest BCUT2D eigenvalue weighted by molar-refractivity contribution is 6.16. The molecule has 0 aliphatic carbocycles. The SMILES string of the molecule is COc1cc(C(=O)C2(c3ccc(O)c(O)c3)CCN(C)C23C(=O)Nc2ccccc23)ccc1O. The molecule has 2 unspecified atom stereocenters. The van der Waals surface area contributed by atoms with Crippen LogP contribution in [0, 0.1) is 0 Å². The fraction of sp³-hybridized carbons (Fsp3) is 0.231. The van der Waals surface area contributed by atoms with Gasteiger partial charge in [-0.2, -0.15) is 0 Å². The van der Waals surface area contributed by atoms with Crippen molar-refractivity contribution in [3.8, 4) is 23.0 Å². The van der Waals surface area contributed by atoms with Gasteiger partial charge in [-0.15, -0.1) is 0 Å². The summed E-state index contributed by atoms with van der Waals surface area (Å²) >= 11 is 0. The minimum atomic E-state index is -1.45. The quantitative estimate of drug-likeness (QED) is 0.349. The van der Waals surface area contributed by atoms with E-state index in [1.54, 1.807) is 19.2 Å². The first-order valence-corrected chi connectivity index (χ1v) is 10.8. The Labute approximate surface area is 196 Å². The zero-order valence-corrected chi connectivity index (χ0v) is 18.7. The van der Waals surface area contributed by atoms with Crippen molar-refractivity contribution in [1.29, 1.82) is 0 Å². The highest BCUT2D eigenvalue weighted by Gasteiger charge is 2.70. The molecule has 1 amide bonds. The van der Waals surface area contributed by atoms with E-state index < -0.39 is 11.0 Å². The molecule has 1 spiro atoms. The lowest BCUT2D eigenvalue weighted by molar-refractivity contribution is -0.127. The van der Waals surface area contributed by atoms with Crippen LogP contribution in [-0.4, -0.2) is 52.6 Å². The van der Waals surface area contributed by atoms with Crippen LogP contribution in [0.2, 0.25) is 0 Å². The monoisotopic (exact) mass is 460 g/mol. The van der Waals surface area contributed by atoms with E-state index in [2.05, 4.69) is 5.32 Å². The molecule has 1 saturated heterocycles. The number of rotatable bonds is 4. The molecule has 1 fully saturated rings. The van der Waals surface area contributed by atoms with E-state index in [0.717, 1.165) is 0 Å². The van der Waals surface area contributed by atoms with Crippen molar-refractivity contribution in [3.05, 3.63) is 77.4 Å². The van der Waals surface area contributed by atoms with Crippen molar-refractivity contribution in [3.63, 3.8) is 0 Å². The first kappa shape index (κ1) is 21.8. The zero-order chi connectivity index (χ0) is 24.3. The summed E-state index contributed by atoms with van der Waals surface area (Å²) in [6.07, 6.45) is 0.275. The van der Waals surface area contributed by atoms with Crippen molar-refractivity contribution in [2.24, 2.45) is 0 Å². The number of Topliss-reactive ketones (excluding diaryl/α,β-unsaturated/α-hetero) is 1. The Hall–Kier alpha value is -4.04. The van der Waals surface area contributed by atoms with Crippen LogP contribution in [-0.2, 0) is 15.7 Å². The third kappa shape index (κ3) is 2.63. The Balaban J connectivity index is 1.85. The van der Waals surface area contributed by atoms with E-state index in [1.807, 2.05) is 23.1 Å². The highest BCUT2D eigenvalue weighted by Crippen LogP contribution is 2.59. The van der Waals surface area contributed by atoms with E-state index in [-0.39, 0.29) is 46.7 Å². The molecule has 3 aromatic rings. The van der Waals surface area contributed by atoms with E-state index in [1.165, 1.54) is 37.4 Å². The van der Waals surface area contributed by atoms with Crippen molar-refractivity contribution in [2.75, 3.05) is 26.0 Å². The number of methoxy groups -OCH3 is 1. The predicted octanol–water partition coefficient (Wildman–Crippen LogP) is 3.12. The summed E-state index contributed by atoms with van der Waals surface area (Å²) in [6, 6.07) is 15.8.